The van der Waals surface area contributed by atoms with Gasteiger partial charge >= 0.3 is 5.97 Å². The molecule has 1 unspecified atom stereocenters. The fourth-order valence-corrected chi connectivity index (χ4v) is 0.839. The fraction of sp³-hybridized carbons (Fsp3) is 0.500. The van der Waals surface area contributed by atoms with Crippen LogP contribution in [0.2, 0.25) is 0 Å². The normalized spacial score (nSPS) is 12.8. The first kappa shape index (κ1) is 9.73. The number of aromatic nitrogens is 2. The fourth-order valence-electron chi connectivity index (χ4n) is 0.839. The lowest BCUT2D eigenvalue weighted by Crippen LogP contribution is -2.19. The van der Waals surface area contributed by atoms with E-state index in [1.54, 1.807) is 24.1 Å². The highest BCUT2D eigenvalue weighted by atomic mass is 16.5. The first-order valence-electron chi connectivity index (χ1n) is 3.91. The van der Waals surface area contributed by atoms with Gasteiger partial charge in [-0.05, 0) is 6.92 Å². The van der Waals surface area contributed by atoms with Crippen LogP contribution in [0.5, 0.6) is 0 Å². The largest absolute Gasteiger partial charge is 0.479 e. The monoisotopic (exact) mass is 184 g/mol. The van der Waals surface area contributed by atoms with Crippen molar-refractivity contribution in [3.05, 3.63) is 18.0 Å². The van der Waals surface area contributed by atoms with Crippen molar-refractivity contribution >= 4 is 5.97 Å². The molecular formula is C8H12N2O3. The van der Waals surface area contributed by atoms with Gasteiger partial charge in [0.25, 0.3) is 0 Å². The van der Waals surface area contributed by atoms with E-state index in [2.05, 4.69) is 5.10 Å². The topological polar surface area (TPSA) is 64.4 Å². The van der Waals surface area contributed by atoms with Gasteiger partial charge < -0.3 is 9.84 Å². The average molecular weight is 184 g/mol. The van der Waals surface area contributed by atoms with Crippen molar-refractivity contribution in [2.45, 2.75) is 19.6 Å². The molecule has 1 N–H and O–H groups in total. The highest BCUT2D eigenvalue weighted by Crippen LogP contribution is 2.01. The lowest BCUT2D eigenvalue weighted by atomic mass is 10.4. The van der Waals surface area contributed by atoms with Crippen LogP contribution >= 0.6 is 0 Å². The molecule has 0 amide bonds. The summed E-state index contributed by atoms with van der Waals surface area (Å²) in [6.45, 7) is 1.78. The molecule has 5 heteroatoms. The summed E-state index contributed by atoms with van der Waals surface area (Å²) in [5, 5.41) is 12.4. The summed E-state index contributed by atoms with van der Waals surface area (Å²) in [5.74, 6) is -0.955. The van der Waals surface area contributed by atoms with Crippen LogP contribution in [0, 0.1) is 0 Å². The Bertz CT molecular complexity index is 295. The van der Waals surface area contributed by atoms with Gasteiger partial charge in [0.2, 0.25) is 0 Å². The van der Waals surface area contributed by atoms with Gasteiger partial charge in [0.05, 0.1) is 12.8 Å². The third-order valence-corrected chi connectivity index (χ3v) is 1.61. The minimum absolute atomic E-state index is 0.279. The summed E-state index contributed by atoms with van der Waals surface area (Å²) in [4.78, 5) is 10.4. The van der Waals surface area contributed by atoms with Crippen molar-refractivity contribution in [1.29, 1.82) is 0 Å². The summed E-state index contributed by atoms with van der Waals surface area (Å²) in [6, 6.07) is 0. The molecule has 0 saturated heterocycles. The number of hydrogen-bond donors (Lipinski definition) is 1. The number of ether oxygens (including phenoxy) is 1. The van der Waals surface area contributed by atoms with Crippen molar-refractivity contribution < 1.29 is 14.6 Å². The van der Waals surface area contributed by atoms with E-state index in [0.717, 1.165) is 5.56 Å². The van der Waals surface area contributed by atoms with Crippen LogP contribution in [-0.4, -0.2) is 27.0 Å². The zero-order valence-electron chi connectivity index (χ0n) is 7.60. The van der Waals surface area contributed by atoms with E-state index in [4.69, 9.17) is 9.84 Å². The van der Waals surface area contributed by atoms with Crippen LogP contribution in [0.4, 0.5) is 0 Å². The number of carboxylic acids is 1. The van der Waals surface area contributed by atoms with Crippen molar-refractivity contribution in [2.24, 2.45) is 7.05 Å². The summed E-state index contributed by atoms with van der Waals surface area (Å²) in [7, 11) is 1.80. The van der Waals surface area contributed by atoms with Gasteiger partial charge in [-0.1, -0.05) is 0 Å². The minimum atomic E-state index is -0.955. The van der Waals surface area contributed by atoms with E-state index in [1.807, 2.05) is 0 Å². The Hall–Kier alpha value is -1.36. The SMILES string of the molecule is CC(OCc1cnn(C)c1)C(=O)O. The molecule has 0 fully saturated rings. The van der Waals surface area contributed by atoms with E-state index in [9.17, 15) is 4.79 Å². The van der Waals surface area contributed by atoms with E-state index < -0.39 is 12.1 Å². The highest BCUT2D eigenvalue weighted by Gasteiger charge is 2.10. The standard InChI is InChI=1S/C8H12N2O3/c1-6(8(11)12)13-5-7-3-9-10(2)4-7/h3-4,6H,5H2,1-2H3,(H,11,12). The maximum atomic E-state index is 10.4. The first-order chi connectivity index (χ1) is 6.09. The molecule has 72 valence electrons. The van der Waals surface area contributed by atoms with Crippen LogP contribution in [0.25, 0.3) is 0 Å². The predicted octanol–water partition coefficient (Wildman–Crippen LogP) is 0.410. The molecule has 0 bridgehead atoms. The Morgan fingerprint density at radius 1 is 1.85 bits per heavy atom. The van der Waals surface area contributed by atoms with Gasteiger partial charge in [0.1, 0.15) is 0 Å². The highest BCUT2D eigenvalue weighted by molar-refractivity contribution is 5.71. The number of carbonyl (C=O) groups is 1. The molecule has 1 aromatic heterocycles. The van der Waals surface area contributed by atoms with Gasteiger partial charge in [-0.15, -0.1) is 0 Å². The lowest BCUT2D eigenvalue weighted by Gasteiger charge is -2.05. The van der Waals surface area contributed by atoms with E-state index in [-0.39, 0.29) is 6.61 Å². The predicted molar refractivity (Wildman–Crippen MR) is 45.1 cm³/mol. The molecule has 1 aromatic rings. The maximum absolute atomic E-state index is 10.4. The molecule has 0 radical (unpaired) electrons. The number of hydrogen-bond acceptors (Lipinski definition) is 3. The van der Waals surface area contributed by atoms with E-state index >= 15 is 0 Å². The average Bonchev–Trinajstić information content (AvgIpc) is 2.47. The summed E-state index contributed by atoms with van der Waals surface area (Å²) >= 11 is 0. The zero-order chi connectivity index (χ0) is 9.84. The van der Waals surface area contributed by atoms with Crippen molar-refractivity contribution in [3.63, 3.8) is 0 Å². The van der Waals surface area contributed by atoms with Crippen LogP contribution in [0.15, 0.2) is 12.4 Å². The Labute approximate surface area is 75.9 Å². The third-order valence-electron chi connectivity index (χ3n) is 1.61. The van der Waals surface area contributed by atoms with Gasteiger partial charge in [0.15, 0.2) is 6.10 Å². The number of aryl methyl sites for hydroxylation is 1. The molecule has 0 aliphatic heterocycles. The molecule has 1 rings (SSSR count). The van der Waals surface area contributed by atoms with Crippen LogP contribution in [-0.2, 0) is 23.2 Å². The number of nitrogens with zero attached hydrogens (tertiary/aromatic N) is 2. The second-order valence-electron chi connectivity index (χ2n) is 2.81. The molecule has 0 aliphatic carbocycles. The van der Waals surface area contributed by atoms with Gasteiger partial charge in [-0.3, -0.25) is 4.68 Å². The van der Waals surface area contributed by atoms with E-state index in [0.29, 0.717) is 0 Å². The summed E-state index contributed by atoms with van der Waals surface area (Å²) in [6.07, 6.45) is 2.66. The first-order valence-corrected chi connectivity index (χ1v) is 3.91. The quantitative estimate of drug-likeness (QED) is 0.736. The van der Waals surface area contributed by atoms with Crippen molar-refractivity contribution in [2.75, 3.05) is 0 Å². The zero-order valence-corrected chi connectivity index (χ0v) is 7.60. The molecule has 0 aliphatic rings. The smallest absolute Gasteiger partial charge is 0.332 e. The second-order valence-corrected chi connectivity index (χ2v) is 2.81. The number of carboxylic acid groups (broad SMARTS) is 1. The van der Waals surface area contributed by atoms with Gasteiger partial charge in [0, 0.05) is 18.8 Å². The van der Waals surface area contributed by atoms with Gasteiger partial charge in [-0.25, -0.2) is 4.79 Å². The molecule has 1 atom stereocenters. The molecule has 1 heterocycles. The Balaban J connectivity index is 2.39. The summed E-state index contributed by atoms with van der Waals surface area (Å²) < 4.78 is 6.69. The number of aliphatic carboxylic acids is 1. The lowest BCUT2D eigenvalue weighted by molar-refractivity contribution is -0.149. The molecule has 13 heavy (non-hydrogen) atoms. The van der Waals surface area contributed by atoms with Crippen molar-refractivity contribution in [3.8, 4) is 0 Å². The minimum Gasteiger partial charge on any atom is -0.479 e. The Morgan fingerprint density at radius 2 is 2.54 bits per heavy atom. The molecule has 0 aromatic carbocycles. The maximum Gasteiger partial charge on any atom is 0.332 e. The Kier molecular flexibility index (Phi) is 3.02. The molecule has 0 spiro atoms. The van der Waals surface area contributed by atoms with Crippen LogP contribution in [0.3, 0.4) is 0 Å². The summed E-state index contributed by atoms with van der Waals surface area (Å²) in [5.41, 5.74) is 0.871. The molecule has 0 saturated carbocycles. The molecule has 5 nitrogen and oxygen atoms in total. The van der Waals surface area contributed by atoms with Crippen molar-refractivity contribution in [1.82, 2.24) is 9.78 Å². The third kappa shape index (κ3) is 2.87. The van der Waals surface area contributed by atoms with E-state index in [1.165, 1.54) is 6.92 Å². The molecular weight excluding hydrogens is 172 g/mol. The van der Waals surface area contributed by atoms with Gasteiger partial charge in [-0.2, -0.15) is 5.10 Å². The second kappa shape index (κ2) is 4.04. The van der Waals surface area contributed by atoms with Crippen LogP contribution in [0.1, 0.15) is 12.5 Å². The Morgan fingerprint density at radius 3 is 3.00 bits per heavy atom. The number of rotatable bonds is 4. The van der Waals surface area contributed by atoms with Crippen LogP contribution < -0.4 is 0 Å².